The van der Waals surface area contributed by atoms with Crippen molar-refractivity contribution in [3.05, 3.63) is 37.9 Å². The standard InChI is InChI=1S/C10H6Cl2N2O4/c1-18-10(15)6(4-13)9-7(11)2-5(14(16)17)3-8(9)12/h2-3,6H,1H3. The Morgan fingerprint density at radius 2 is 2.00 bits per heavy atom. The van der Waals surface area contributed by atoms with Gasteiger partial charge in [0.1, 0.15) is 0 Å². The molecule has 1 aromatic carbocycles. The molecule has 6 nitrogen and oxygen atoms in total. The summed E-state index contributed by atoms with van der Waals surface area (Å²) in [5.41, 5.74) is -0.325. The van der Waals surface area contributed by atoms with Gasteiger partial charge >= 0.3 is 5.97 Å². The minimum absolute atomic E-state index is 0.00159. The van der Waals surface area contributed by atoms with Gasteiger partial charge in [0.15, 0.2) is 5.92 Å². The first-order valence-electron chi connectivity index (χ1n) is 4.53. The third-order valence-corrected chi connectivity index (χ3v) is 2.75. The Kier molecular flexibility index (Phi) is 4.48. The Morgan fingerprint density at radius 1 is 1.50 bits per heavy atom. The van der Waals surface area contributed by atoms with E-state index in [1.807, 2.05) is 0 Å². The zero-order chi connectivity index (χ0) is 13.9. The third-order valence-electron chi connectivity index (χ3n) is 2.13. The Bertz CT molecular complexity index is 530. The highest BCUT2D eigenvalue weighted by molar-refractivity contribution is 6.37. The van der Waals surface area contributed by atoms with E-state index in [2.05, 4.69) is 4.74 Å². The van der Waals surface area contributed by atoms with Crippen molar-refractivity contribution in [2.75, 3.05) is 7.11 Å². The molecule has 0 aliphatic rings. The van der Waals surface area contributed by atoms with Gasteiger partial charge in [-0.1, -0.05) is 23.2 Å². The van der Waals surface area contributed by atoms with Crippen LogP contribution < -0.4 is 0 Å². The Morgan fingerprint density at radius 3 is 2.33 bits per heavy atom. The molecule has 0 aliphatic carbocycles. The number of methoxy groups -OCH3 is 1. The molecule has 0 amide bonds. The minimum atomic E-state index is -1.32. The molecule has 0 aliphatic heterocycles. The summed E-state index contributed by atoms with van der Waals surface area (Å²) in [5.74, 6) is -2.16. The number of nitrogens with zero attached hydrogens (tertiary/aromatic N) is 2. The first kappa shape index (κ1) is 14.2. The van der Waals surface area contributed by atoms with Crippen LogP contribution in [0.2, 0.25) is 10.0 Å². The lowest BCUT2D eigenvalue weighted by Gasteiger charge is -2.10. The van der Waals surface area contributed by atoms with Crippen molar-refractivity contribution in [3.8, 4) is 6.07 Å². The van der Waals surface area contributed by atoms with Crippen molar-refractivity contribution >= 4 is 34.9 Å². The molecule has 0 bridgehead atoms. The SMILES string of the molecule is COC(=O)C(C#N)c1c(Cl)cc([N+](=O)[O-])cc1Cl. The number of nitriles is 1. The first-order chi connectivity index (χ1) is 8.42. The molecular weight excluding hydrogens is 283 g/mol. The molecular formula is C10H6Cl2N2O4. The highest BCUT2D eigenvalue weighted by Gasteiger charge is 2.28. The maximum Gasteiger partial charge on any atom is 0.327 e. The lowest BCUT2D eigenvalue weighted by Crippen LogP contribution is -2.13. The summed E-state index contributed by atoms with van der Waals surface area (Å²) in [6.07, 6.45) is 0. The summed E-state index contributed by atoms with van der Waals surface area (Å²) < 4.78 is 4.43. The number of carbonyl (C=O) groups excluding carboxylic acids is 1. The normalized spacial score (nSPS) is 11.4. The van der Waals surface area contributed by atoms with Gasteiger partial charge in [-0.25, -0.2) is 0 Å². The predicted octanol–water partition coefficient (Wildman–Crippen LogP) is 2.68. The van der Waals surface area contributed by atoms with Crippen LogP contribution in [0.25, 0.3) is 0 Å². The van der Waals surface area contributed by atoms with Crippen LogP contribution in [-0.4, -0.2) is 18.0 Å². The number of carbonyl (C=O) groups is 1. The molecule has 1 aromatic rings. The van der Waals surface area contributed by atoms with E-state index in [1.54, 1.807) is 6.07 Å². The number of nitro benzene ring substituents is 1. The van der Waals surface area contributed by atoms with Crippen LogP contribution in [-0.2, 0) is 9.53 Å². The number of esters is 1. The van der Waals surface area contributed by atoms with E-state index < -0.39 is 16.8 Å². The zero-order valence-corrected chi connectivity index (χ0v) is 10.5. The molecule has 0 spiro atoms. The fourth-order valence-electron chi connectivity index (χ4n) is 1.31. The van der Waals surface area contributed by atoms with Crippen LogP contribution in [0.3, 0.4) is 0 Å². The molecule has 1 rings (SSSR count). The van der Waals surface area contributed by atoms with E-state index in [9.17, 15) is 14.9 Å². The van der Waals surface area contributed by atoms with E-state index in [0.29, 0.717) is 0 Å². The van der Waals surface area contributed by atoms with Crippen LogP contribution in [0, 0.1) is 21.4 Å². The second kappa shape index (κ2) is 5.67. The van der Waals surface area contributed by atoms with Crippen LogP contribution in [0.4, 0.5) is 5.69 Å². The molecule has 0 radical (unpaired) electrons. The lowest BCUT2D eigenvalue weighted by molar-refractivity contribution is -0.384. The average molecular weight is 289 g/mol. The summed E-state index contributed by atoms with van der Waals surface area (Å²) in [6, 6.07) is 3.73. The molecule has 94 valence electrons. The molecule has 18 heavy (non-hydrogen) atoms. The van der Waals surface area contributed by atoms with E-state index in [0.717, 1.165) is 19.2 Å². The fourth-order valence-corrected chi connectivity index (χ4v) is 2.00. The second-order valence-electron chi connectivity index (χ2n) is 3.17. The molecule has 0 aromatic heterocycles. The number of halogens is 2. The topological polar surface area (TPSA) is 93.2 Å². The number of rotatable bonds is 3. The number of non-ortho nitro benzene ring substituents is 1. The van der Waals surface area contributed by atoms with Gasteiger partial charge in [-0.05, 0) is 0 Å². The maximum atomic E-state index is 11.4. The second-order valence-corrected chi connectivity index (χ2v) is 3.98. The van der Waals surface area contributed by atoms with Crippen molar-refractivity contribution in [2.24, 2.45) is 0 Å². The lowest BCUT2D eigenvalue weighted by atomic mass is 10.0. The Labute approximate surface area is 112 Å². The number of benzene rings is 1. The van der Waals surface area contributed by atoms with E-state index in [4.69, 9.17) is 28.5 Å². The van der Waals surface area contributed by atoms with E-state index in [-0.39, 0.29) is 21.3 Å². The number of nitro groups is 1. The highest BCUT2D eigenvalue weighted by Crippen LogP contribution is 2.35. The predicted molar refractivity (Wildman–Crippen MR) is 63.5 cm³/mol. The summed E-state index contributed by atoms with van der Waals surface area (Å²) >= 11 is 11.6. The Balaban J connectivity index is 3.38. The van der Waals surface area contributed by atoms with Gasteiger partial charge in [-0.3, -0.25) is 14.9 Å². The van der Waals surface area contributed by atoms with Gasteiger partial charge in [0, 0.05) is 17.7 Å². The van der Waals surface area contributed by atoms with Crippen molar-refractivity contribution in [1.82, 2.24) is 0 Å². The zero-order valence-electron chi connectivity index (χ0n) is 9.02. The number of ether oxygens (including phenoxy) is 1. The van der Waals surface area contributed by atoms with E-state index in [1.165, 1.54) is 0 Å². The quantitative estimate of drug-likeness (QED) is 0.484. The molecule has 1 atom stereocenters. The van der Waals surface area contributed by atoms with E-state index >= 15 is 0 Å². The van der Waals surface area contributed by atoms with Gasteiger partial charge < -0.3 is 4.74 Å². The smallest absolute Gasteiger partial charge is 0.327 e. The van der Waals surface area contributed by atoms with Crippen molar-refractivity contribution in [1.29, 1.82) is 5.26 Å². The third kappa shape index (κ3) is 2.70. The Hall–Kier alpha value is -1.84. The largest absolute Gasteiger partial charge is 0.468 e. The molecule has 8 heteroatoms. The van der Waals surface area contributed by atoms with Crippen LogP contribution in [0.1, 0.15) is 11.5 Å². The average Bonchev–Trinajstić information content (AvgIpc) is 2.32. The molecule has 0 saturated heterocycles. The van der Waals surface area contributed by atoms with Gasteiger partial charge in [0.25, 0.3) is 5.69 Å². The summed E-state index contributed by atoms with van der Waals surface area (Å²) in [5, 5.41) is 19.2. The van der Waals surface area contributed by atoms with Crippen LogP contribution >= 0.6 is 23.2 Å². The molecule has 0 fully saturated rings. The monoisotopic (exact) mass is 288 g/mol. The van der Waals surface area contributed by atoms with Gasteiger partial charge in [-0.2, -0.15) is 5.26 Å². The molecule has 0 N–H and O–H groups in total. The molecule has 1 unspecified atom stereocenters. The first-order valence-corrected chi connectivity index (χ1v) is 5.28. The summed E-state index contributed by atoms with van der Waals surface area (Å²) in [6.45, 7) is 0. The fraction of sp³-hybridized carbons (Fsp3) is 0.200. The highest BCUT2D eigenvalue weighted by atomic mass is 35.5. The van der Waals surface area contributed by atoms with Gasteiger partial charge in [-0.15, -0.1) is 0 Å². The van der Waals surface area contributed by atoms with Crippen molar-refractivity contribution in [3.63, 3.8) is 0 Å². The maximum absolute atomic E-state index is 11.4. The van der Waals surface area contributed by atoms with Gasteiger partial charge in [0.05, 0.1) is 28.1 Å². The number of hydrogen-bond donors (Lipinski definition) is 0. The minimum Gasteiger partial charge on any atom is -0.468 e. The molecule has 0 heterocycles. The van der Waals surface area contributed by atoms with Gasteiger partial charge in [0.2, 0.25) is 0 Å². The van der Waals surface area contributed by atoms with Crippen molar-refractivity contribution in [2.45, 2.75) is 5.92 Å². The summed E-state index contributed by atoms with van der Waals surface area (Å²) in [7, 11) is 1.11. The van der Waals surface area contributed by atoms with Crippen LogP contribution in [0.15, 0.2) is 12.1 Å². The molecule has 0 saturated carbocycles. The van der Waals surface area contributed by atoms with Crippen molar-refractivity contribution < 1.29 is 14.5 Å². The summed E-state index contributed by atoms with van der Waals surface area (Å²) in [4.78, 5) is 21.3. The van der Waals surface area contributed by atoms with Crippen LogP contribution in [0.5, 0.6) is 0 Å². The number of hydrogen-bond acceptors (Lipinski definition) is 5.